The smallest absolute Gasteiger partial charge is 0.138 e. The molecule has 1 unspecified atom stereocenters. The highest BCUT2D eigenvalue weighted by Crippen LogP contribution is 2.33. The summed E-state index contributed by atoms with van der Waals surface area (Å²) in [4.78, 5) is 0. The molecule has 0 saturated heterocycles. The number of anilines is 1. The van der Waals surface area contributed by atoms with E-state index in [2.05, 4.69) is 5.32 Å². The first-order valence-electron chi connectivity index (χ1n) is 6.65. The van der Waals surface area contributed by atoms with Gasteiger partial charge in [-0.25, -0.2) is 0 Å². The summed E-state index contributed by atoms with van der Waals surface area (Å²) >= 11 is 18.5. The van der Waals surface area contributed by atoms with Crippen LogP contribution in [0.2, 0.25) is 15.1 Å². The summed E-state index contributed by atoms with van der Waals surface area (Å²) < 4.78 is 5.42. The van der Waals surface area contributed by atoms with Gasteiger partial charge in [0.1, 0.15) is 5.75 Å². The van der Waals surface area contributed by atoms with Crippen molar-refractivity contribution < 1.29 is 4.74 Å². The molecule has 21 heavy (non-hydrogen) atoms. The van der Waals surface area contributed by atoms with Crippen molar-refractivity contribution in [3.63, 3.8) is 0 Å². The molecular weight excluding hydrogens is 329 g/mol. The van der Waals surface area contributed by atoms with Crippen molar-refractivity contribution in [3.05, 3.63) is 57.0 Å². The normalized spacial score (nSPS) is 12.0. The average molecular weight is 345 g/mol. The zero-order valence-corrected chi connectivity index (χ0v) is 14.1. The predicted molar refractivity (Wildman–Crippen MR) is 91.1 cm³/mol. The second kappa shape index (κ2) is 7.26. The lowest BCUT2D eigenvalue weighted by atomic mass is 10.1. The maximum Gasteiger partial charge on any atom is 0.138 e. The first-order chi connectivity index (χ1) is 10.0. The SMILES string of the molecule is CCOc1ccc(NC(C)c2cccc(Cl)c2Cl)cc1Cl. The Morgan fingerprint density at radius 1 is 1.10 bits per heavy atom. The number of ether oxygens (including phenoxy) is 1. The molecular formula is C16H16Cl3NO. The van der Waals surface area contributed by atoms with Crippen LogP contribution in [0.4, 0.5) is 5.69 Å². The number of benzene rings is 2. The molecule has 2 aromatic rings. The van der Waals surface area contributed by atoms with Gasteiger partial charge in [0.2, 0.25) is 0 Å². The number of hydrogen-bond acceptors (Lipinski definition) is 2. The van der Waals surface area contributed by atoms with Gasteiger partial charge in [0.25, 0.3) is 0 Å². The van der Waals surface area contributed by atoms with Gasteiger partial charge in [-0.1, -0.05) is 46.9 Å². The quantitative estimate of drug-likeness (QED) is 0.695. The van der Waals surface area contributed by atoms with E-state index in [1.54, 1.807) is 6.07 Å². The maximum absolute atomic E-state index is 6.23. The number of rotatable bonds is 5. The Balaban J connectivity index is 2.18. The Morgan fingerprint density at radius 3 is 2.52 bits per heavy atom. The van der Waals surface area contributed by atoms with Crippen LogP contribution >= 0.6 is 34.8 Å². The summed E-state index contributed by atoms with van der Waals surface area (Å²) in [6.07, 6.45) is 0. The molecule has 0 radical (unpaired) electrons. The van der Waals surface area contributed by atoms with Crippen molar-refractivity contribution in [2.24, 2.45) is 0 Å². The highest BCUT2D eigenvalue weighted by Gasteiger charge is 2.12. The first-order valence-corrected chi connectivity index (χ1v) is 7.79. The van der Waals surface area contributed by atoms with E-state index in [1.807, 2.05) is 44.2 Å². The molecule has 2 rings (SSSR count). The van der Waals surface area contributed by atoms with E-state index in [4.69, 9.17) is 39.5 Å². The summed E-state index contributed by atoms with van der Waals surface area (Å²) in [5, 5.41) is 5.04. The second-order valence-electron chi connectivity index (χ2n) is 4.59. The minimum atomic E-state index is 0.00482. The molecule has 2 aromatic carbocycles. The predicted octanol–water partition coefficient (Wildman–Crippen LogP) is 6.22. The summed E-state index contributed by atoms with van der Waals surface area (Å²) in [5.41, 5.74) is 1.83. The summed E-state index contributed by atoms with van der Waals surface area (Å²) in [6, 6.07) is 11.2. The molecule has 0 aliphatic heterocycles. The molecule has 0 aliphatic carbocycles. The molecule has 2 nitrogen and oxygen atoms in total. The van der Waals surface area contributed by atoms with Gasteiger partial charge in [-0.05, 0) is 43.7 Å². The minimum Gasteiger partial charge on any atom is -0.492 e. The molecule has 0 amide bonds. The Bertz CT molecular complexity index is 631. The van der Waals surface area contributed by atoms with E-state index in [-0.39, 0.29) is 6.04 Å². The Hall–Kier alpha value is -1.09. The van der Waals surface area contributed by atoms with Crippen LogP contribution in [0.3, 0.4) is 0 Å². The lowest BCUT2D eigenvalue weighted by Crippen LogP contribution is -2.07. The minimum absolute atomic E-state index is 0.00482. The van der Waals surface area contributed by atoms with Crippen LogP contribution in [-0.2, 0) is 0 Å². The third-order valence-corrected chi connectivity index (χ3v) is 4.19. The van der Waals surface area contributed by atoms with Crippen molar-refractivity contribution in [1.29, 1.82) is 0 Å². The molecule has 0 fully saturated rings. The van der Waals surface area contributed by atoms with Gasteiger partial charge in [0, 0.05) is 5.69 Å². The fourth-order valence-electron chi connectivity index (χ4n) is 2.05. The van der Waals surface area contributed by atoms with E-state index in [0.29, 0.717) is 27.4 Å². The zero-order valence-electron chi connectivity index (χ0n) is 11.8. The number of nitrogens with one attached hydrogen (secondary N) is 1. The molecule has 1 atom stereocenters. The largest absolute Gasteiger partial charge is 0.492 e. The molecule has 0 aromatic heterocycles. The van der Waals surface area contributed by atoms with Crippen molar-refractivity contribution >= 4 is 40.5 Å². The van der Waals surface area contributed by atoms with Gasteiger partial charge >= 0.3 is 0 Å². The van der Waals surface area contributed by atoms with Gasteiger partial charge in [-0.2, -0.15) is 0 Å². The van der Waals surface area contributed by atoms with Crippen LogP contribution in [0.15, 0.2) is 36.4 Å². The van der Waals surface area contributed by atoms with E-state index >= 15 is 0 Å². The summed E-state index contributed by atoms with van der Waals surface area (Å²) in [7, 11) is 0. The van der Waals surface area contributed by atoms with Gasteiger partial charge in [0.05, 0.1) is 27.7 Å². The Morgan fingerprint density at radius 2 is 1.86 bits per heavy atom. The Kier molecular flexibility index (Phi) is 5.63. The van der Waals surface area contributed by atoms with Gasteiger partial charge < -0.3 is 10.1 Å². The number of halogens is 3. The third kappa shape index (κ3) is 3.97. The molecule has 0 bridgehead atoms. The van der Waals surface area contributed by atoms with Crippen LogP contribution < -0.4 is 10.1 Å². The maximum atomic E-state index is 6.23. The molecule has 0 heterocycles. The molecule has 0 aliphatic rings. The second-order valence-corrected chi connectivity index (χ2v) is 5.78. The van der Waals surface area contributed by atoms with E-state index in [9.17, 15) is 0 Å². The van der Waals surface area contributed by atoms with Crippen LogP contribution in [0.5, 0.6) is 5.75 Å². The van der Waals surface area contributed by atoms with E-state index in [0.717, 1.165) is 11.3 Å². The van der Waals surface area contributed by atoms with Gasteiger partial charge in [-0.3, -0.25) is 0 Å². The topological polar surface area (TPSA) is 21.3 Å². The highest BCUT2D eigenvalue weighted by molar-refractivity contribution is 6.42. The molecule has 0 saturated carbocycles. The van der Waals surface area contributed by atoms with Crippen LogP contribution in [-0.4, -0.2) is 6.61 Å². The Labute approximate surface area is 140 Å². The molecule has 5 heteroatoms. The van der Waals surface area contributed by atoms with Gasteiger partial charge in [0.15, 0.2) is 0 Å². The first kappa shape index (κ1) is 16.3. The van der Waals surface area contributed by atoms with Crippen molar-refractivity contribution in [1.82, 2.24) is 0 Å². The highest BCUT2D eigenvalue weighted by atomic mass is 35.5. The number of hydrogen-bond donors (Lipinski definition) is 1. The third-order valence-electron chi connectivity index (χ3n) is 3.06. The molecule has 0 spiro atoms. The van der Waals surface area contributed by atoms with Crippen molar-refractivity contribution in [2.45, 2.75) is 19.9 Å². The zero-order chi connectivity index (χ0) is 15.4. The van der Waals surface area contributed by atoms with Crippen LogP contribution in [0.25, 0.3) is 0 Å². The van der Waals surface area contributed by atoms with Crippen molar-refractivity contribution in [3.8, 4) is 5.75 Å². The van der Waals surface area contributed by atoms with E-state index < -0.39 is 0 Å². The van der Waals surface area contributed by atoms with Crippen molar-refractivity contribution in [2.75, 3.05) is 11.9 Å². The van der Waals surface area contributed by atoms with Crippen LogP contribution in [0.1, 0.15) is 25.5 Å². The lowest BCUT2D eigenvalue weighted by Gasteiger charge is -2.18. The lowest BCUT2D eigenvalue weighted by molar-refractivity contribution is 0.340. The average Bonchev–Trinajstić information content (AvgIpc) is 2.45. The summed E-state index contributed by atoms with van der Waals surface area (Å²) in [5.74, 6) is 0.679. The molecule has 1 N–H and O–H groups in total. The molecule has 112 valence electrons. The summed E-state index contributed by atoms with van der Waals surface area (Å²) in [6.45, 7) is 4.52. The monoisotopic (exact) mass is 343 g/mol. The fourth-order valence-corrected chi connectivity index (χ4v) is 2.75. The van der Waals surface area contributed by atoms with Crippen LogP contribution in [0, 0.1) is 0 Å². The fraction of sp³-hybridized carbons (Fsp3) is 0.250. The van der Waals surface area contributed by atoms with Gasteiger partial charge in [-0.15, -0.1) is 0 Å². The van der Waals surface area contributed by atoms with E-state index in [1.165, 1.54) is 0 Å². The standard InChI is InChI=1S/C16H16Cl3NO/c1-3-21-15-8-7-11(9-14(15)18)20-10(2)12-5-4-6-13(17)16(12)19/h4-10,20H,3H2,1-2H3.